The molecule has 8 heteroatoms. The maximum Gasteiger partial charge on any atom is 0.419 e. The SMILES string of the molecule is COC(=O)[C@@H](O)[C@H](O)c1cn(C(=O)OC(C)(C)C)cn1. The molecule has 0 aliphatic heterocycles. The van der Waals surface area contributed by atoms with E-state index in [0.29, 0.717) is 0 Å². The van der Waals surface area contributed by atoms with Crippen molar-refractivity contribution in [3.8, 4) is 0 Å². The highest BCUT2D eigenvalue weighted by Gasteiger charge is 2.29. The summed E-state index contributed by atoms with van der Waals surface area (Å²) in [5.74, 6) is -0.996. The summed E-state index contributed by atoms with van der Waals surface area (Å²) in [6.45, 7) is 5.12. The minimum Gasteiger partial charge on any atom is -0.467 e. The molecule has 1 heterocycles. The molecule has 0 amide bonds. The van der Waals surface area contributed by atoms with Crippen molar-refractivity contribution in [3.05, 3.63) is 18.2 Å². The molecular formula is C12H18N2O6. The zero-order chi connectivity index (χ0) is 15.5. The van der Waals surface area contributed by atoms with Crippen molar-refractivity contribution in [2.24, 2.45) is 0 Å². The van der Waals surface area contributed by atoms with E-state index in [1.165, 1.54) is 6.20 Å². The number of hydrogen-bond acceptors (Lipinski definition) is 7. The highest BCUT2D eigenvalue weighted by molar-refractivity contribution is 5.75. The van der Waals surface area contributed by atoms with Crippen molar-refractivity contribution in [3.63, 3.8) is 0 Å². The maximum absolute atomic E-state index is 11.7. The Hall–Kier alpha value is -1.93. The van der Waals surface area contributed by atoms with E-state index in [4.69, 9.17) is 4.74 Å². The highest BCUT2D eigenvalue weighted by atomic mass is 16.6. The van der Waals surface area contributed by atoms with E-state index in [1.807, 2.05) is 0 Å². The van der Waals surface area contributed by atoms with Crippen LogP contribution in [0.5, 0.6) is 0 Å². The third-order valence-corrected chi connectivity index (χ3v) is 2.25. The molecule has 0 saturated carbocycles. The lowest BCUT2D eigenvalue weighted by atomic mass is 10.1. The van der Waals surface area contributed by atoms with Gasteiger partial charge in [0.05, 0.1) is 12.8 Å². The number of hydrogen-bond donors (Lipinski definition) is 2. The van der Waals surface area contributed by atoms with Gasteiger partial charge in [-0.25, -0.2) is 19.1 Å². The highest BCUT2D eigenvalue weighted by Crippen LogP contribution is 2.16. The second-order valence-corrected chi connectivity index (χ2v) is 5.10. The quantitative estimate of drug-likeness (QED) is 0.765. The summed E-state index contributed by atoms with van der Waals surface area (Å²) < 4.78 is 10.4. The Bertz CT molecular complexity index is 490. The lowest BCUT2D eigenvalue weighted by Gasteiger charge is -2.19. The summed E-state index contributed by atoms with van der Waals surface area (Å²) in [7, 11) is 1.08. The molecule has 0 aromatic carbocycles. The van der Waals surface area contributed by atoms with Crippen LogP contribution >= 0.6 is 0 Å². The lowest BCUT2D eigenvalue weighted by molar-refractivity contribution is -0.157. The number of methoxy groups -OCH3 is 1. The molecule has 1 aromatic rings. The number of carbonyl (C=O) groups is 2. The topological polar surface area (TPSA) is 111 Å². The van der Waals surface area contributed by atoms with Gasteiger partial charge in [0.2, 0.25) is 0 Å². The summed E-state index contributed by atoms with van der Waals surface area (Å²) in [6.07, 6.45) is -1.76. The number of carbonyl (C=O) groups excluding carboxylic acids is 2. The largest absolute Gasteiger partial charge is 0.467 e. The average Bonchev–Trinajstić information content (AvgIpc) is 2.83. The molecule has 0 fully saturated rings. The molecular weight excluding hydrogens is 268 g/mol. The number of imidazole rings is 1. The average molecular weight is 286 g/mol. The zero-order valence-corrected chi connectivity index (χ0v) is 11.7. The van der Waals surface area contributed by atoms with Crippen LogP contribution in [0.2, 0.25) is 0 Å². The van der Waals surface area contributed by atoms with Gasteiger partial charge in [-0.15, -0.1) is 0 Å². The van der Waals surface area contributed by atoms with Crippen LogP contribution in [0, 0.1) is 0 Å². The Labute approximate surface area is 115 Å². The number of aliphatic hydroxyl groups excluding tert-OH is 2. The van der Waals surface area contributed by atoms with E-state index in [2.05, 4.69) is 9.72 Å². The molecule has 2 N–H and O–H groups in total. The van der Waals surface area contributed by atoms with Crippen LogP contribution in [0.25, 0.3) is 0 Å². The van der Waals surface area contributed by atoms with Gasteiger partial charge in [0, 0.05) is 6.20 Å². The van der Waals surface area contributed by atoms with Gasteiger partial charge in [-0.3, -0.25) is 0 Å². The van der Waals surface area contributed by atoms with Crippen LogP contribution in [0.4, 0.5) is 4.79 Å². The molecule has 0 aliphatic rings. The van der Waals surface area contributed by atoms with Crippen LogP contribution in [0.1, 0.15) is 32.6 Å². The molecule has 0 saturated heterocycles. The molecule has 0 bridgehead atoms. The van der Waals surface area contributed by atoms with Gasteiger partial charge < -0.3 is 19.7 Å². The first-order valence-corrected chi connectivity index (χ1v) is 5.87. The standard InChI is InChI=1S/C12H18N2O6/c1-12(2,3)20-11(18)14-5-7(13-6-14)8(15)9(16)10(17)19-4/h5-6,8-9,15-16H,1-4H3/t8-,9+/m1/s1. The Kier molecular flexibility index (Phi) is 4.85. The van der Waals surface area contributed by atoms with E-state index in [1.54, 1.807) is 20.8 Å². The summed E-state index contributed by atoms with van der Waals surface area (Å²) >= 11 is 0. The summed E-state index contributed by atoms with van der Waals surface area (Å²) in [4.78, 5) is 26.6. The first-order valence-electron chi connectivity index (χ1n) is 5.87. The van der Waals surface area contributed by atoms with Gasteiger partial charge in [-0.1, -0.05) is 0 Å². The molecule has 0 unspecified atom stereocenters. The maximum atomic E-state index is 11.7. The molecule has 1 rings (SSSR count). The molecule has 0 aliphatic carbocycles. The van der Waals surface area contributed by atoms with Crippen LogP contribution in [0.3, 0.4) is 0 Å². The first kappa shape index (κ1) is 16.1. The number of aliphatic hydroxyl groups is 2. The number of nitrogens with zero attached hydrogens (tertiary/aromatic N) is 2. The van der Waals surface area contributed by atoms with Gasteiger partial charge in [0.25, 0.3) is 0 Å². The van der Waals surface area contributed by atoms with Gasteiger partial charge in [0.1, 0.15) is 18.0 Å². The van der Waals surface area contributed by atoms with Crippen LogP contribution < -0.4 is 0 Å². The van der Waals surface area contributed by atoms with E-state index in [9.17, 15) is 19.8 Å². The number of rotatable bonds is 3. The smallest absolute Gasteiger partial charge is 0.419 e. The van der Waals surface area contributed by atoms with Gasteiger partial charge >= 0.3 is 12.1 Å². The van der Waals surface area contributed by atoms with Gasteiger partial charge in [-0.05, 0) is 20.8 Å². The Morgan fingerprint density at radius 3 is 2.45 bits per heavy atom. The van der Waals surface area contributed by atoms with Crippen molar-refractivity contribution in [1.82, 2.24) is 9.55 Å². The monoisotopic (exact) mass is 286 g/mol. The summed E-state index contributed by atoms with van der Waals surface area (Å²) in [5, 5.41) is 19.2. The van der Waals surface area contributed by atoms with Crippen molar-refractivity contribution in [2.45, 2.75) is 38.6 Å². The van der Waals surface area contributed by atoms with E-state index >= 15 is 0 Å². The number of esters is 1. The second-order valence-electron chi connectivity index (χ2n) is 5.10. The van der Waals surface area contributed by atoms with Crippen molar-refractivity contribution >= 4 is 12.1 Å². The zero-order valence-electron chi connectivity index (χ0n) is 11.7. The van der Waals surface area contributed by atoms with E-state index < -0.39 is 29.9 Å². The predicted molar refractivity (Wildman–Crippen MR) is 66.8 cm³/mol. The predicted octanol–water partition coefficient (Wildman–Crippen LogP) is 0.234. The fourth-order valence-electron chi connectivity index (χ4n) is 1.32. The third-order valence-electron chi connectivity index (χ3n) is 2.25. The normalized spacial score (nSPS) is 14.5. The number of ether oxygens (including phenoxy) is 2. The van der Waals surface area contributed by atoms with E-state index in [0.717, 1.165) is 18.0 Å². The lowest BCUT2D eigenvalue weighted by Crippen LogP contribution is -2.29. The summed E-state index contributed by atoms with van der Waals surface area (Å²) in [5.41, 5.74) is -0.722. The van der Waals surface area contributed by atoms with Crippen LogP contribution in [-0.4, -0.2) is 50.6 Å². The van der Waals surface area contributed by atoms with Crippen molar-refractivity contribution < 1.29 is 29.3 Å². The van der Waals surface area contributed by atoms with Crippen molar-refractivity contribution in [2.75, 3.05) is 7.11 Å². The number of aromatic nitrogens is 2. The van der Waals surface area contributed by atoms with E-state index in [-0.39, 0.29) is 5.69 Å². The molecule has 1 aromatic heterocycles. The first-order chi connectivity index (χ1) is 9.15. The fourth-order valence-corrected chi connectivity index (χ4v) is 1.32. The Morgan fingerprint density at radius 1 is 1.35 bits per heavy atom. The molecule has 0 radical (unpaired) electrons. The fraction of sp³-hybridized carbons (Fsp3) is 0.583. The van der Waals surface area contributed by atoms with Gasteiger partial charge in [0.15, 0.2) is 6.10 Å². The third kappa shape index (κ3) is 4.04. The van der Waals surface area contributed by atoms with Gasteiger partial charge in [-0.2, -0.15) is 0 Å². The minimum absolute atomic E-state index is 0.0474. The molecule has 8 nitrogen and oxygen atoms in total. The molecule has 20 heavy (non-hydrogen) atoms. The molecule has 112 valence electrons. The molecule has 0 spiro atoms. The van der Waals surface area contributed by atoms with Crippen LogP contribution in [-0.2, 0) is 14.3 Å². The second kappa shape index (κ2) is 6.02. The van der Waals surface area contributed by atoms with Crippen LogP contribution in [0.15, 0.2) is 12.5 Å². The van der Waals surface area contributed by atoms with Crippen molar-refractivity contribution in [1.29, 1.82) is 0 Å². The molecule has 2 atom stereocenters. The minimum atomic E-state index is -1.78. The summed E-state index contributed by atoms with van der Waals surface area (Å²) in [6, 6.07) is 0. The Balaban J connectivity index is 2.82. The Morgan fingerprint density at radius 2 is 1.95 bits per heavy atom.